The second kappa shape index (κ2) is 5.80. The van der Waals surface area contributed by atoms with Crippen molar-refractivity contribution in [3.05, 3.63) is 0 Å². The highest BCUT2D eigenvalue weighted by Crippen LogP contribution is 2.09. The summed E-state index contributed by atoms with van der Waals surface area (Å²) < 4.78 is 0. The first kappa shape index (κ1) is 12.8. The van der Waals surface area contributed by atoms with Crippen LogP contribution < -0.4 is 5.32 Å². The van der Waals surface area contributed by atoms with Crippen LogP contribution in [0.15, 0.2) is 0 Å². The van der Waals surface area contributed by atoms with E-state index in [9.17, 15) is 4.79 Å². The predicted octanol–water partition coefficient (Wildman–Crippen LogP) is -0.598. The van der Waals surface area contributed by atoms with Crippen LogP contribution in [0.5, 0.6) is 0 Å². The molecule has 1 unspecified atom stereocenters. The second-order valence-corrected chi connectivity index (χ2v) is 4.91. The Kier molecular flexibility index (Phi) is 4.36. The first-order valence-corrected chi connectivity index (χ1v) is 6.66. The van der Waals surface area contributed by atoms with Gasteiger partial charge in [-0.05, 0) is 6.54 Å². The maximum absolute atomic E-state index is 11.4. The van der Waals surface area contributed by atoms with Crippen LogP contribution in [0.2, 0.25) is 0 Å². The zero-order valence-corrected chi connectivity index (χ0v) is 11.0. The summed E-state index contributed by atoms with van der Waals surface area (Å²) in [5.41, 5.74) is 0. The molecule has 1 amide bonds. The summed E-state index contributed by atoms with van der Waals surface area (Å²) in [6.45, 7) is 12.1. The second-order valence-electron chi connectivity index (χ2n) is 4.91. The fourth-order valence-corrected chi connectivity index (χ4v) is 2.65. The van der Waals surface area contributed by atoms with Gasteiger partial charge in [-0.3, -0.25) is 15.0 Å². The molecular weight excluding hydrogens is 216 g/mol. The number of hydrogen-bond acceptors (Lipinski definition) is 4. The molecule has 17 heavy (non-hydrogen) atoms. The van der Waals surface area contributed by atoms with Gasteiger partial charge >= 0.3 is 0 Å². The van der Waals surface area contributed by atoms with Crippen LogP contribution in [0.3, 0.4) is 0 Å². The van der Waals surface area contributed by atoms with Crippen LogP contribution in [0.25, 0.3) is 0 Å². The van der Waals surface area contributed by atoms with Gasteiger partial charge in [-0.25, -0.2) is 0 Å². The van der Waals surface area contributed by atoms with Crippen LogP contribution in [-0.2, 0) is 4.79 Å². The first-order chi connectivity index (χ1) is 8.20. The van der Waals surface area contributed by atoms with E-state index in [4.69, 9.17) is 0 Å². The Morgan fingerprint density at radius 2 is 1.94 bits per heavy atom. The van der Waals surface area contributed by atoms with Gasteiger partial charge in [0.25, 0.3) is 0 Å². The maximum Gasteiger partial charge on any atom is 0.219 e. The third kappa shape index (κ3) is 3.18. The Hall–Kier alpha value is -0.650. The molecule has 2 fully saturated rings. The maximum atomic E-state index is 11.4. The lowest BCUT2D eigenvalue weighted by atomic mass is 10.2. The summed E-state index contributed by atoms with van der Waals surface area (Å²) >= 11 is 0. The van der Waals surface area contributed by atoms with Gasteiger partial charge in [0, 0.05) is 52.7 Å². The molecular formula is C12H24N4O. The van der Waals surface area contributed by atoms with Crippen LogP contribution in [0.4, 0.5) is 0 Å². The molecule has 1 atom stereocenters. The van der Waals surface area contributed by atoms with Crippen molar-refractivity contribution in [3.8, 4) is 0 Å². The van der Waals surface area contributed by atoms with Gasteiger partial charge < -0.3 is 9.80 Å². The molecule has 98 valence electrons. The topological polar surface area (TPSA) is 38.8 Å². The van der Waals surface area contributed by atoms with E-state index in [-0.39, 0.29) is 5.91 Å². The van der Waals surface area contributed by atoms with Crippen LogP contribution in [0.1, 0.15) is 13.8 Å². The quantitative estimate of drug-likeness (QED) is 0.700. The third-order valence-electron chi connectivity index (χ3n) is 3.90. The number of nitrogens with zero attached hydrogens (tertiary/aromatic N) is 3. The van der Waals surface area contributed by atoms with Crippen molar-refractivity contribution in [3.63, 3.8) is 0 Å². The number of amides is 1. The van der Waals surface area contributed by atoms with Crippen molar-refractivity contribution < 1.29 is 4.79 Å². The van der Waals surface area contributed by atoms with Crippen LogP contribution in [0, 0.1) is 0 Å². The summed E-state index contributed by atoms with van der Waals surface area (Å²) in [7, 11) is 0. The minimum Gasteiger partial charge on any atom is -0.339 e. The molecule has 0 bridgehead atoms. The van der Waals surface area contributed by atoms with Gasteiger partial charge in [-0.1, -0.05) is 6.92 Å². The van der Waals surface area contributed by atoms with Crippen LogP contribution >= 0.6 is 0 Å². The van der Waals surface area contributed by atoms with Crippen LogP contribution in [-0.4, -0.2) is 79.1 Å². The summed E-state index contributed by atoms with van der Waals surface area (Å²) in [5.74, 6) is 0.198. The number of rotatable bonds is 2. The highest BCUT2D eigenvalue weighted by Gasteiger charge is 2.28. The van der Waals surface area contributed by atoms with Gasteiger partial charge in [-0.2, -0.15) is 0 Å². The lowest BCUT2D eigenvalue weighted by molar-refractivity contribution is -0.131. The Balaban J connectivity index is 1.84. The molecule has 0 aromatic carbocycles. The number of piperazine rings is 2. The Labute approximate surface area is 104 Å². The largest absolute Gasteiger partial charge is 0.339 e. The van der Waals surface area contributed by atoms with E-state index in [2.05, 4.69) is 22.0 Å². The standard InChI is InChI=1S/C12H24N4O/c1-3-14-6-8-15(9-7-14)12-10-16(11(2)17)5-4-13-12/h12-13H,3-10H2,1-2H3. The van der Waals surface area contributed by atoms with Crippen molar-refractivity contribution in [2.45, 2.75) is 20.0 Å². The van der Waals surface area contributed by atoms with E-state index in [1.165, 1.54) is 0 Å². The van der Waals surface area contributed by atoms with E-state index in [0.717, 1.165) is 52.4 Å². The zero-order valence-electron chi connectivity index (χ0n) is 11.0. The molecule has 2 aliphatic rings. The number of carbonyl (C=O) groups is 1. The number of nitrogens with one attached hydrogen (secondary N) is 1. The smallest absolute Gasteiger partial charge is 0.219 e. The molecule has 2 heterocycles. The molecule has 0 aliphatic carbocycles. The zero-order chi connectivity index (χ0) is 12.3. The molecule has 2 rings (SSSR count). The highest BCUT2D eigenvalue weighted by molar-refractivity contribution is 5.73. The average Bonchev–Trinajstić information content (AvgIpc) is 2.39. The van der Waals surface area contributed by atoms with E-state index in [1.807, 2.05) is 4.90 Å². The molecule has 2 saturated heterocycles. The average molecular weight is 240 g/mol. The van der Waals surface area contributed by atoms with Gasteiger partial charge in [0.15, 0.2) is 0 Å². The first-order valence-electron chi connectivity index (χ1n) is 6.66. The third-order valence-corrected chi connectivity index (χ3v) is 3.90. The normalized spacial score (nSPS) is 28.4. The fraction of sp³-hybridized carbons (Fsp3) is 0.917. The van der Waals surface area contributed by atoms with Gasteiger partial charge in [-0.15, -0.1) is 0 Å². The molecule has 0 aromatic rings. The van der Waals surface area contributed by atoms with Gasteiger partial charge in [0.2, 0.25) is 5.91 Å². The van der Waals surface area contributed by atoms with Crippen molar-refractivity contribution >= 4 is 5.91 Å². The Morgan fingerprint density at radius 3 is 2.53 bits per heavy atom. The molecule has 0 aromatic heterocycles. The number of likely N-dealkylation sites (N-methyl/N-ethyl adjacent to an activating group) is 1. The number of carbonyl (C=O) groups excluding carboxylic acids is 1. The monoisotopic (exact) mass is 240 g/mol. The summed E-state index contributed by atoms with van der Waals surface area (Å²) in [4.78, 5) is 18.3. The summed E-state index contributed by atoms with van der Waals surface area (Å²) in [6, 6.07) is 0. The van der Waals surface area contributed by atoms with Crippen molar-refractivity contribution in [2.24, 2.45) is 0 Å². The predicted molar refractivity (Wildman–Crippen MR) is 67.7 cm³/mol. The van der Waals surface area contributed by atoms with E-state index >= 15 is 0 Å². The highest BCUT2D eigenvalue weighted by atomic mass is 16.2. The van der Waals surface area contributed by atoms with Gasteiger partial charge in [0.1, 0.15) is 0 Å². The SMILES string of the molecule is CCN1CCN(C2CN(C(C)=O)CCN2)CC1. The lowest BCUT2D eigenvalue weighted by Crippen LogP contribution is -2.62. The van der Waals surface area contributed by atoms with Crippen molar-refractivity contribution in [1.29, 1.82) is 0 Å². The molecule has 5 heteroatoms. The van der Waals surface area contributed by atoms with E-state index < -0.39 is 0 Å². The van der Waals surface area contributed by atoms with E-state index in [1.54, 1.807) is 6.92 Å². The Morgan fingerprint density at radius 1 is 1.24 bits per heavy atom. The molecule has 5 nitrogen and oxygen atoms in total. The van der Waals surface area contributed by atoms with Gasteiger partial charge in [0.05, 0.1) is 6.17 Å². The summed E-state index contributed by atoms with van der Waals surface area (Å²) in [6.07, 6.45) is 0.353. The lowest BCUT2D eigenvalue weighted by Gasteiger charge is -2.43. The van der Waals surface area contributed by atoms with Crippen molar-refractivity contribution in [2.75, 3.05) is 52.4 Å². The Bertz CT molecular complexity index is 263. The molecule has 2 aliphatic heterocycles. The molecule has 0 saturated carbocycles. The molecule has 1 N–H and O–H groups in total. The number of hydrogen-bond donors (Lipinski definition) is 1. The molecule has 0 spiro atoms. The van der Waals surface area contributed by atoms with E-state index in [0.29, 0.717) is 6.17 Å². The minimum atomic E-state index is 0.198. The summed E-state index contributed by atoms with van der Waals surface area (Å²) in [5, 5.41) is 3.52. The fourth-order valence-electron chi connectivity index (χ4n) is 2.65. The molecule has 0 radical (unpaired) electrons. The minimum absolute atomic E-state index is 0.198. The van der Waals surface area contributed by atoms with Crippen molar-refractivity contribution in [1.82, 2.24) is 20.0 Å².